The van der Waals surface area contributed by atoms with Gasteiger partial charge in [0.2, 0.25) is 11.8 Å². The molecule has 2 heterocycles. The van der Waals surface area contributed by atoms with Crippen molar-refractivity contribution in [2.75, 3.05) is 11.9 Å². The molecule has 25 heavy (non-hydrogen) atoms. The number of hydrogen-bond donors (Lipinski definition) is 2. The van der Waals surface area contributed by atoms with E-state index in [0.29, 0.717) is 23.4 Å². The van der Waals surface area contributed by atoms with Gasteiger partial charge in [-0.05, 0) is 19.9 Å². The Kier molecular flexibility index (Phi) is 4.31. The van der Waals surface area contributed by atoms with Gasteiger partial charge >= 0.3 is 6.03 Å². The van der Waals surface area contributed by atoms with Crippen molar-refractivity contribution >= 4 is 23.1 Å². The second kappa shape index (κ2) is 6.57. The van der Waals surface area contributed by atoms with Crippen LogP contribution in [0.2, 0.25) is 0 Å². The minimum Gasteiger partial charge on any atom is -0.338 e. The molecule has 3 aromatic rings. The van der Waals surface area contributed by atoms with Gasteiger partial charge < -0.3 is 9.88 Å². The molecule has 0 aliphatic rings. The summed E-state index contributed by atoms with van der Waals surface area (Å²) in [6.45, 7) is 4.29. The van der Waals surface area contributed by atoms with Crippen LogP contribution in [0.3, 0.4) is 0 Å². The first-order valence-corrected chi connectivity index (χ1v) is 7.80. The third kappa shape index (κ3) is 3.12. The number of aromatic nitrogens is 4. The summed E-state index contributed by atoms with van der Waals surface area (Å²) in [5.74, 6) is 0.385. The zero-order valence-corrected chi connectivity index (χ0v) is 14.2. The van der Waals surface area contributed by atoms with E-state index in [1.54, 1.807) is 11.6 Å². The van der Waals surface area contributed by atoms with Crippen LogP contribution in [0.15, 0.2) is 24.3 Å². The van der Waals surface area contributed by atoms with Crippen LogP contribution in [-0.4, -0.2) is 32.1 Å². The fourth-order valence-electron chi connectivity index (χ4n) is 2.52. The maximum absolute atomic E-state index is 11.8. The number of nitriles is 1. The monoisotopic (exact) mass is 335 g/mol. The summed E-state index contributed by atoms with van der Waals surface area (Å²) in [4.78, 5) is 25.0. The third-order valence-electron chi connectivity index (χ3n) is 3.67. The van der Waals surface area contributed by atoms with E-state index >= 15 is 0 Å². The molecule has 126 valence electrons. The summed E-state index contributed by atoms with van der Waals surface area (Å²) < 4.78 is 1.58. The highest BCUT2D eigenvalue weighted by atomic mass is 16.2. The lowest BCUT2D eigenvalue weighted by atomic mass is 10.1. The molecule has 2 N–H and O–H groups in total. The van der Waals surface area contributed by atoms with Gasteiger partial charge in [0.15, 0.2) is 5.65 Å². The number of benzene rings is 1. The number of carbonyl (C=O) groups is 1. The first kappa shape index (κ1) is 16.4. The van der Waals surface area contributed by atoms with Crippen LogP contribution < -0.4 is 10.6 Å². The molecule has 0 fully saturated rings. The first-order valence-electron chi connectivity index (χ1n) is 7.80. The van der Waals surface area contributed by atoms with E-state index in [2.05, 4.69) is 25.6 Å². The van der Waals surface area contributed by atoms with Crippen molar-refractivity contribution in [2.45, 2.75) is 13.8 Å². The van der Waals surface area contributed by atoms with Crippen molar-refractivity contribution in [3.8, 4) is 17.3 Å². The number of aryl methyl sites for hydroxylation is 2. The number of nitrogens with one attached hydrogen (secondary N) is 2. The van der Waals surface area contributed by atoms with E-state index < -0.39 is 0 Å². The van der Waals surface area contributed by atoms with E-state index in [9.17, 15) is 10.1 Å². The Hall–Kier alpha value is -3.47. The van der Waals surface area contributed by atoms with Gasteiger partial charge in [-0.15, -0.1) is 0 Å². The Morgan fingerprint density at radius 3 is 2.80 bits per heavy atom. The number of hydrogen-bond acceptors (Lipinski definition) is 5. The first-order chi connectivity index (χ1) is 12.0. The molecule has 0 saturated carbocycles. The van der Waals surface area contributed by atoms with Crippen molar-refractivity contribution in [3.05, 3.63) is 35.7 Å². The molecule has 0 unspecified atom stereocenters. The van der Waals surface area contributed by atoms with Gasteiger partial charge in [0, 0.05) is 19.2 Å². The molecule has 0 spiro atoms. The summed E-state index contributed by atoms with van der Waals surface area (Å²) >= 11 is 0. The zero-order valence-electron chi connectivity index (χ0n) is 14.2. The Morgan fingerprint density at radius 1 is 1.32 bits per heavy atom. The van der Waals surface area contributed by atoms with Crippen molar-refractivity contribution in [1.82, 2.24) is 24.8 Å². The molecule has 0 aliphatic heterocycles. The molecular formula is C17H17N7O. The summed E-state index contributed by atoms with van der Waals surface area (Å²) in [6, 6.07) is 9.43. The summed E-state index contributed by atoms with van der Waals surface area (Å²) in [7, 11) is 1.71. The molecule has 0 bridgehead atoms. The van der Waals surface area contributed by atoms with Gasteiger partial charge in [0.25, 0.3) is 0 Å². The van der Waals surface area contributed by atoms with E-state index in [0.717, 1.165) is 11.1 Å². The van der Waals surface area contributed by atoms with Crippen LogP contribution in [0.25, 0.3) is 22.4 Å². The molecule has 2 aromatic heterocycles. The average Bonchev–Trinajstić information content (AvgIpc) is 2.91. The fraction of sp³-hybridized carbons (Fsp3) is 0.235. The molecule has 0 radical (unpaired) electrons. The Bertz CT molecular complexity index is 1000. The summed E-state index contributed by atoms with van der Waals surface area (Å²) in [5.41, 5.74) is 3.48. The number of anilines is 1. The van der Waals surface area contributed by atoms with Gasteiger partial charge in [0.05, 0.1) is 0 Å². The highest BCUT2D eigenvalue weighted by Gasteiger charge is 2.18. The fourth-order valence-corrected chi connectivity index (χ4v) is 2.52. The van der Waals surface area contributed by atoms with E-state index in [4.69, 9.17) is 0 Å². The topological polar surface area (TPSA) is 109 Å². The molecule has 8 nitrogen and oxygen atoms in total. The lowest BCUT2D eigenvalue weighted by Gasteiger charge is -2.08. The lowest BCUT2D eigenvalue weighted by molar-refractivity contribution is 0.252. The standard InChI is InChI=1S/C17H17N7O/c1-4-19-17(25)23-16-21-13(11-7-5-6-10(2)8-11)14-15(22-16)24(3)12(9-18)20-14/h5-8H,4H2,1-3H3,(H2,19,21,22,23,25). The predicted octanol–water partition coefficient (Wildman–Crippen LogP) is 2.35. The number of imidazole rings is 1. The van der Waals surface area contributed by atoms with Crippen molar-refractivity contribution in [1.29, 1.82) is 5.26 Å². The van der Waals surface area contributed by atoms with Crippen LogP contribution in [-0.2, 0) is 7.05 Å². The second-order valence-corrected chi connectivity index (χ2v) is 5.53. The highest BCUT2D eigenvalue weighted by molar-refractivity contribution is 5.92. The zero-order chi connectivity index (χ0) is 18.0. The van der Waals surface area contributed by atoms with Crippen molar-refractivity contribution in [2.24, 2.45) is 7.05 Å². The van der Waals surface area contributed by atoms with Gasteiger partial charge in [-0.25, -0.2) is 14.8 Å². The normalized spacial score (nSPS) is 10.5. The average molecular weight is 335 g/mol. The van der Waals surface area contributed by atoms with E-state index in [1.165, 1.54) is 0 Å². The molecule has 8 heteroatoms. The molecule has 3 rings (SSSR count). The molecule has 0 aliphatic carbocycles. The Balaban J connectivity index is 2.22. The maximum atomic E-state index is 11.8. The van der Waals surface area contributed by atoms with Crippen LogP contribution in [0, 0.1) is 18.3 Å². The van der Waals surface area contributed by atoms with Crippen LogP contribution in [0.4, 0.5) is 10.7 Å². The van der Waals surface area contributed by atoms with E-state index in [1.807, 2.05) is 44.2 Å². The van der Waals surface area contributed by atoms with Crippen LogP contribution in [0.5, 0.6) is 0 Å². The minimum atomic E-state index is -0.389. The van der Waals surface area contributed by atoms with Crippen molar-refractivity contribution in [3.63, 3.8) is 0 Å². The highest BCUT2D eigenvalue weighted by Crippen LogP contribution is 2.27. The van der Waals surface area contributed by atoms with Gasteiger partial charge in [-0.1, -0.05) is 23.8 Å². The smallest absolute Gasteiger partial charge is 0.321 e. The second-order valence-electron chi connectivity index (χ2n) is 5.53. The molecular weight excluding hydrogens is 318 g/mol. The SMILES string of the molecule is CCNC(=O)Nc1nc(-c2cccc(C)c2)c2nc(C#N)n(C)c2n1. The number of amides is 2. The molecule has 1 aromatic carbocycles. The van der Waals surface area contributed by atoms with Gasteiger partial charge in [-0.3, -0.25) is 5.32 Å². The van der Waals surface area contributed by atoms with Gasteiger partial charge in [-0.2, -0.15) is 10.2 Å². The summed E-state index contributed by atoms with van der Waals surface area (Å²) in [5, 5.41) is 14.5. The third-order valence-corrected chi connectivity index (χ3v) is 3.67. The number of nitrogens with zero attached hydrogens (tertiary/aromatic N) is 5. The van der Waals surface area contributed by atoms with E-state index in [-0.39, 0.29) is 17.8 Å². The number of carbonyl (C=O) groups excluding carboxylic acids is 1. The molecule has 2 amide bonds. The minimum absolute atomic E-state index is 0.155. The Labute approximate surface area is 144 Å². The number of rotatable bonds is 3. The largest absolute Gasteiger partial charge is 0.338 e. The maximum Gasteiger partial charge on any atom is 0.321 e. The van der Waals surface area contributed by atoms with Gasteiger partial charge in [0.1, 0.15) is 17.3 Å². The number of fused-ring (bicyclic) bond motifs is 1. The quantitative estimate of drug-likeness (QED) is 0.763. The van der Waals surface area contributed by atoms with Crippen LogP contribution >= 0.6 is 0 Å². The molecule has 0 atom stereocenters. The summed E-state index contributed by atoms with van der Waals surface area (Å²) in [6.07, 6.45) is 0. The van der Waals surface area contributed by atoms with Crippen molar-refractivity contribution < 1.29 is 4.79 Å². The lowest BCUT2D eigenvalue weighted by Crippen LogP contribution is -2.29. The van der Waals surface area contributed by atoms with Crippen LogP contribution in [0.1, 0.15) is 18.3 Å². The number of urea groups is 1. The molecule has 0 saturated heterocycles. The Morgan fingerprint density at radius 2 is 2.12 bits per heavy atom. The predicted molar refractivity (Wildman–Crippen MR) is 93.9 cm³/mol.